The van der Waals surface area contributed by atoms with Crippen LogP contribution in [0.5, 0.6) is 11.5 Å². The second-order valence-corrected chi connectivity index (χ2v) is 5.61. The third-order valence-corrected chi connectivity index (χ3v) is 3.93. The first-order chi connectivity index (χ1) is 12.0. The van der Waals surface area contributed by atoms with Crippen molar-refractivity contribution in [3.05, 3.63) is 24.3 Å². The second-order valence-electron chi connectivity index (χ2n) is 5.61. The molecule has 1 aliphatic heterocycles. The van der Waals surface area contributed by atoms with Crippen LogP contribution >= 0.6 is 0 Å². The van der Waals surface area contributed by atoms with Crippen molar-refractivity contribution < 1.29 is 29.0 Å². The number of aliphatic carboxylic acids is 1. The minimum absolute atomic E-state index is 0.0427. The van der Waals surface area contributed by atoms with Crippen molar-refractivity contribution in [1.82, 2.24) is 9.80 Å². The molecule has 0 aromatic heterocycles. The van der Waals surface area contributed by atoms with Crippen molar-refractivity contribution in [3.63, 3.8) is 0 Å². The average Bonchev–Trinajstić information content (AvgIpc) is 2.61. The summed E-state index contributed by atoms with van der Waals surface area (Å²) in [6.45, 7) is 1.80. The van der Waals surface area contributed by atoms with Crippen LogP contribution in [0.2, 0.25) is 0 Å². The summed E-state index contributed by atoms with van der Waals surface area (Å²) in [5, 5.41) is 8.64. The zero-order valence-corrected chi connectivity index (χ0v) is 14.1. The maximum Gasteiger partial charge on any atom is 0.312 e. The standard InChI is InChI=1S/C17H22N2O6/c1-24-13-2-4-14(5-3-13)25-11-6-15(20)18-7-9-19(10-8-18)16(21)12-17(22)23/h2-5H,6-12H2,1H3,(H,22,23). The minimum atomic E-state index is -1.14. The van der Waals surface area contributed by atoms with E-state index in [2.05, 4.69) is 0 Å². The van der Waals surface area contributed by atoms with Gasteiger partial charge in [0.2, 0.25) is 11.8 Å². The molecule has 2 rings (SSSR count). The summed E-state index contributed by atoms with van der Waals surface area (Å²) in [4.78, 5) is 37.6. The van der Waals surface area contributed by atoms with E-state index in [-0.39, 0.29) is 18.9 Å². The van der Waals surface area contributed by atoms with Gasteiger partial charge in [-0.1, -0.05) is 0 Å². The van der Waals surface area contributed by atoms with Crippen LogP contribution in [0.4, 0.5) is 0 Å². The Bertz CT molecular complexity index is 608. The molecule has 0 radical (unpaired) electrons. The van der Waals surface area contributed by atoms with Gasteiger partial charge < -0.3 is 24.4 Å². The molecule has 1 aromatic carbocycles. The Labute approximate surface area is 145 Å². The molecule has 8 nitrogen and oxygen atoms in total. The molecule has 1 fully saturated rings. The molecular formula is C17H22N2O6. The predicted octanol–water partition coefficient (Wildman–Crippen LogP) is 0.610. The highest BCUT2D eigenvalue weighted by atomic mass is 16.5. The van der Waals surface area contributed by atoms with Crippen molar-refractivity contribution in [2.45, 2.75) is 12.8 Å². The van der Waals surface area contributed by atoms with Gasteiger partial charge in [0.15, 0.2) is 0 Å². The smallest absolute Gasteiger partial charge is 0.312 e. The SMILES string of the molecule is COc1ccc(OCCC(=O)N2CCN(C(=O)CC(=O)O)CC2)cc1. The van der Waals surface area contributed by atoms with E-state index in [1.54, 1.807) is 36.3 Å². The molecule has 8 heteroatoms. The van der Waals surface area contributed by atoms with Crippen LogP contribution in [0.3, 0.4) is 0 Å². The van der Waals surface area contributed by atoms with Crippen molar-refractivity contribution in [2.75, 3.05) is 39.9 Å². The first kappa shape index (κ1) is 18.6. The first-order valence-electron chi connectivity index (χ1n) is 8.04. The molecule has 1 heterocycles. The third kappa shape index (κ3) is 5.66. The monoisotopic (exact) mass is 350 g/mol. The predicted molar refractivity (Wildman–Crippen MR) is 88.5 cm³/mol. The molecule has 2 amide bonds. The molecule has 25 heavy (non-hydrogen) atoms. The number of nitrogens with zero attached hydrogens (tertiary/aromatic N) is 2. The Morgan fingerprint density at radius 2 is 1.48 bits per heavy atom. The number of carbonyl (C=O) groups is 3. The zero-order chi connectivity index (χ0) is 18.2. The molecule has 1 saturated heterocycles. The summed E-state index contributed by atoms with van der Waals surface area (Å²) in [6, 6.07) is 7.11. The van der Waals surface area contributed by atoms with E-state index in [0.29, 0.717) is 31.9 Å². The van der Waals surface area contributed by atoms with Crippen molar-refractivity contribution in [3.8, 4) is 11.5 Å². The fraction of sp³-hybridized carbons (Fsp3) is 0.471. The number of carboxylic acid groups (broad SMARTS) is 1. The summed E-state index contributed by atoms with van der Waals surface area (Å²) >= 11 is 0. The second kappa shape index (κ2) is 8.91. The maximum absolute atomic E-state index is 12.2. The van der Waals surface area contributed by atoms with E-state index in [4.69, 9.17) is 14.6 Å². The number of carboxylic acids is 1. The fourth-order valence-corrected chi connectivity index (χ4v) is 2.53. The average molecular weight is 350 g/mol. The Kier molecular flexibility index (Phi) is 6.62. The van der Waals surface area contributed by atoms with Gasteiger partial charge in [0, 0.05) is 26.2 Å². The summed E-state index contributed by atoms with van der Waals surface area (Å²) in [5.41, 5.74) is 0. The van der Waals surface area contributed by atoms with Crippen LogP contribution in [0, 0.1) is 0 Å². The highest BCUT2D eigenvalue weighted by Gasteiger charge is 2.24. The van der Waals surface area contributed by atoms with E-state index >= 15 is 0 Å². The number of carbonyl (C=O) groups excluding carboxylic acids is 2. The Hall–Kier alpha value is -2.77. The molecular weight excluding hydrogens is 328 g/mol. The van der Waals surface area contributed by atoms with Crippen molar-refractivity contribution >= 4 is 17.8 Å². The van der Waals surface area contributed by atoms with Gasteiger partial charge in [-0.25, -0.2) is 0 Å². The van der Waals surface area contributed by atoms with Crippen LogP contribution in [0.15, 0.2) is 24.3 Å². The molecule has 136 valence electrons. The fourth-order valence-electron chi connectivity index (χ4n) is 2.53. The van der Waals surface area contributed by atoms with Gasteiger partial charge >= 0.3 is 5.97 Å². The number of hydrogen-bond donors (Lipinski definition) is 1. The number of rotatable bonds is 7. The maximum atomic E-state index is 12.2. The molecule has 0 atom stereocenters. The summed E-state index contributed by atoms with van der Waals surface area (Å²) in [7, 11) is 1.59. The molecule has 0 unspecified atom stereocenters. The van der Waals surface area contributed by atoms with E-state index in [1.807, 2.05) is 0 Å². The number of amides is 2. The van der Waals surface area contributed by atoms with Gasteiger partial charge in [-0.3, -0.25) is 14.4 Å². The van der Waals surface area contributed by atoms with Crippen LogP contribution < -0.4 is 9.47 Å². The van der Waals surface area contributed by atoms with E-state index in [0.717, 1.165) is 5.75 Å². The molecule has 1 N–H and O–H groups in total. The summed E-state index contributed by atoms with van der Waals surface area (Å²) < 4.78 is 10.6. The van der Waals surface area contributed by atoms with E-state index < -0.39 is 18.3 Å². The highest BCUT2D eigenvalue weighted by molar-refractivity contribution is 5.93. The Balaban J connectivity index is 1.69. The van der Waals surface area contributed by atoms with Gasteiger partial charge in [-0.15, -0.1) is 0 Å². The van der Waals surface area contributed by atoms with Gasteiger partial charge in [0.25, 0.3) is 0 Å². The lowest BCUT2D eigenvalue weighted by Crippen LogP contribution is -2.51. The normalized spacial score (nSPS) is 14.1. The first-order valence-corrected chi connectivity index (χ1v) is 8.04. The lowest BCUT2D eigenvalue weighted by atomic mass is 10.2. The zero-order valence-electron chi connectivity index (χ0n) is 14.1. The summed E-state index contributed by atoms with van der Waals surface area (Å²) in [6.07, 6.45) is -0.265. The van der Waals surface area contributed by atoms with E-state index in [1.165, 1.54) is 4.90 Å². The highest BCUT2D eigenvalue weighted by Crippen LogP contribution is 2.17. The van der Waals surface area contributed by atoms with Crippen LogP contribution in [0.1, 0.15) is 12.8 Å². The van der Waals surface area contributed by atoms with Crippen LogP contribution in [0.25, 0.3) is 0 Å². The summed E-state index contributed by atoms with van der Waals surface area (Å²) in [5.74, 6) is -0.197. The van der Waals surface area contributed by atoms with Crippen LogP contribution in [-0.4, -0.2) is 72.6 Å². The molecule has 0 bridgehead atoms. The topological polar surface area (TPSA) is 96.4 Å². The molecule has 1 aliphatic rings. The number of piperazine rings is 1. The molecule has 0 saturated carbocycles. The lowest BCUT2D eigenvalue weighted by Gasteiger charge is -2.34. The molecule has 0 aliphatic carbocycles. The number of methoxy groups -OCH3 is 1. The van der Waals surface area contributed by atoms with Gasteiger partial charge in [-0.2, -0.15) is 0 Å². The molecule has 0 spiro atoms. The Morgan fingerprint density at radius 3 is 2.00 bits per heavy atom. The number of ether oxygens (including phenoxy) is 2. The number of hydrogen-bond acceptors (Lipinski definition) is 5. The lowest BCUT2D eigenvalue weighted by molar-refractivity contribution is -0.147. The van der Waals surface area contributed by atoms with Crippen molar-refractivity contribution in [2.24, 2.45) is 0 Å². The minimum Gasteiger partial charge on any atom is -0.497 e. The Morgan fingerprint density at radius 1 is 0.960 bits per heavy atom. The van der Waals surface area contributed by atoms with Crippen LogP contribution in [-0.2, 0) is 14.4 Å². The quantitative estimate of drug-likeness (QED) is 0.724. The number of benzene rings is 1. The van der Waals surface area contributed by atoms with Gasteiger partial charge in [-0.05, 0) is 24.3 Å². The van der Waals surface area contributed by atoms with Gasteiger partial charge in [0.05, 0.1) is 20.1 Å². The largest absolute Gasteiger partial charge is 0.497 e. The van der Waals surface area contributed by atoms with E-state index in [9.17, 15) is 14.4 Å². The van der Waals surface area contributed by atoms with Crippen molar-refractivity contribution in [1.29, 1.82) is 0 Å². The van der Waals surface area contributed by atoms with Gasteiger partial charge in [0.1, 0.15) is 17.9 Å². The third-order valence-electron chi connectivity index (χ3n) is 3.93. The molecule has 1 aromatic rings.